The molecule has 0 heterocycles. The van der Waals surface area contributed by atoms with Gasteiger partial charge in [0, 0.05) is 92.6 Å². The first kappa shape index (κ1) is 105. The molecule has 0 bridgehead atoms. The van der Waals surface area contributed by atoms with E-state index in [2.05, 4.69) is 120 Å². The average molecular weight is 1490 g/mol. The first-order valence-corrected chi connectivity index (χ1v) is 36.3. The SMILES string of the molecule is C.C.C=CC(=N)OC[N+](=C=O)CCS(=O)(=O)CCCl.C=CC(=O)NCCC[N+](C)(C)C.C=CS(=O)(=O)CCC(=O)NCNC(=O)C(CC)CC(C)C(=O)NCCC[N+](C)(C)C.CCC(CC(C)C(=O)NCCC[N+](C)(C)C)C(=O)NCNC(=O)CCS(=O)(=O)CCCl.[Cl-].[Cl-]. The second-order valence-corrected chi connectivity index (χ2v) is 31.6. The van der Waals surface area contributed by atoms with Crippen LogP contribution in [0.2, 0.25) is 0 Å². The van der Waals surface area contributed by atoms with Crippen LogP contribution in [-0.4, -0.2) is 266 Å². The predicted octanol–water partition coefficient (Wildman–Crippen LogP) is -3.33. The second-order valence-electron chi connectivity index (χ2n) is 24.2. The molecule has 0 aromatic heterocycles. The summed E-state index contributed by atoms with van der Waals surface area (Å²) in [5.41, 5.74) is 0. The van der Waals surface area contributed by atoms with E-state index in [4.69, 9.17) is 33.3 Å². The third kappa shape index (κ3) is 65.9. The molecule has 0 spiro atoms. The van der Waals surface area contributed by atoms with Gasteiger partial charge in [0.15, 0.2) is 36.1 Å². The molecule has 0 aromatic rings. The van der Waals surface area contributed by atoms with E-state index in [1.165, 1.54) is 12.2 Å². The molecule has 0 rings (SSSR count). The summed E-state index contributed by atoms with van der Waals surface area (Å²) in [5, 5.41) is 26.7. The average Bonchev–Trinajstić information content (AvgIpc) is 1.08. The molecular formula is C60H120Cl4N12O15S3+2. The van der Waals surface area contributed by atoms with Crippen molar-refractivity contribution in [2.75, 3.05) is 170 Å². The van der Waals surface area contributed by atoms with Crippen LogP contribution in [-0.2, 0) is 72.6 Å². The molecule has 0 aromatic carbocycles. The fourth-order valence-electron chi connectivity index (χ4n) is 7.22. The van der Waals surface area contributed by atoms with Gasteiger partial charge in [-0.2, -0.15) is 4.79 Å². The number of hydrogen-bond donors (Lipinski definition) is 8. The zero-order chi connectivity index (χ0) is 70.4. The maximum absolute atomic E-state index is 12.4. The highest BCUT2D eigenvalue weighted by molar-refractivity contribution is 7.94. The molecule has 4 unspecified atom stereocenters. The van der Waals surface area contributed by atoms with Gasteiger partial charge in [-0.3, -0.25) is 39.0 Å². The van der Waals surface area contributed by atoms with Crippen molar-refractivity contribution < 1.29 is 111 Å². The van der Waals surface area contributed by atoms with Crippen molar-refractivity contribution in [2.45, 2.75) is 100 Å². The second kappa shape index (κ2) is 57.3. The lowest BCUT2D eigenvalue weighted by Gasteiger charge is -2.24. The van der Waals surface area contributed by atoms with Crippen LogP contribution in [0, 0.1) is 29.1 Å². The molecule has 0 aliphatic rings. The number of isocyanates is 1. The number of hydrogen-bond acceptors (Lipinski definition) is 16. The van der Waals surface area contributed by atoms with E-state index >= 15 is 0 Å². The van der Waals surface area contributed by atoms with Gasteiger partial charge >= 0.3 is 6.08 Å². The van der Waals surface area contributed by atoms with Crippen LogP contribution in [0.4, 0.5) is 0 Å². The molecule has 27 nitrogen and oxygen atoms in total. The number of alkyl halides is 2. The third-order valence-electron chi connectivity index (χ3n) is 12.7. The number of nitrogens with one attached hydrogen (secondary N) is 8. The van der Waals surface area contributed by atoms with Crippen LogP contribution in [0.3, 0.4) is 0 Å². The smallest absolute Gasteiger partial charge is 0.427 e. The van der Waals surface area contributed by atoms with Gasteiger partial charge in [-0.25, -0.2) is 25.3 Å². The van der Waals surface area contributed by atoms with E-state index in [-0.39, 0.29) is 179 Å². The number of carbonyl (C=O) groups is 7. The highest BCUT2D eigenvalue weighted by atomic mass is 35.5. The number of carbonyl (C=O) groups excluding carboxylic acids is 8. The molecular weight excluding hydrogens is 1370 g/mol. The highest BCUT2D eigenvalue weighted by Crippen LogP contribution is 2.17. The van der Waals surface area contributed by atoms with Gasteiger partial charge in [0.05, 0.1) is 119 Å². The molecule has 94 heavy (non-hydrogen) atoms. The minimum atomic E-state index is -3.43. The van der Waals surface area contributed by atoms with Crippen molar-refractivity contribution >= 4 is 106 Å². The Labute approximate surface area is 587 Å². The number of nitrogens with zero attached hydrogens (tertiary/aromatic N) is 4. The van der Waals surface area contributed by atoms with Gasteiger partial charge in [0.25, 0.3) is 6.73 Å². The molecule has 0 aliphatic carbocycles. The first-order valence-electron chi connectivity index (χ1n) is 29.8. The van der Waals surface area contributed by atoms with Crippen molar-refractivity contribution in [2.24, 2.45) is 23.7 Å². The van der Waals surface area contributed by atoms with E-state index in [0.29, 0.717) is 38.8 Å². The van der Waals surface area contributed by atoms with Crippen LogP contribution in [0.1, 0.15) is 100 Å². The summed E-state index contributed by atoms with van der Waals surface area (Å²) < 4.78 is 76.7. The largest absolute Gasteiger partial charge is 1.00 e. The van der Waals surface area contributed by atoms with Crippen LogP contribution in [0.15, 0.2) is 37.3 Å². The Balaban J connectivity index is -0.000000182. The van der Waals surface area contributed by atoms with E-state index in [0.717, 1.165) is 75.0 Å². The normalized spacial score (nSPS) is 12.2. The number of rotatable bonds is 44. The topological polar surface area (TPSA) is 359 Å². The van der Waals surface area contributed by atoms with Crippen LogP contribution in [0.25, 0.3) is 0 Å². The number of halogens is 4. The molecule has 0 saturated heterocycles. The van der Waals surface area contributed by atoms with Gasteiger partial charge in [-0.05, 0) is 37.8 Å². The Morgan fingerprint density at radius 2 is 0.915 bits per heavy atom. The van der Waals surface area contributed by atoms with Crippen molar-refractivity contribution in [3.63, 3.8) is 0 Å². The molecule has 7 amide bonds. The number of quaternary nitrogens is 3. The third-order valence-corrected chi connectivity index (χ3v) is 18.1. The first-order chi connectivity index (χ1) is 41.5. The standard InChI is InChI=1S/C20H39ClN4O5S.C20H38N4O5S.C9H14ClN2O4S.C9H18N2O.2CH4.2ClH/c1-6-17(14-16(2)19(27)22-10-7-11-25(3,4)5)20(28)24-15-23-18(26)8-12-31(29,30)13-9-21;1-7-17(14-16(3)19(26)21-11-9-12-24(4,5)6)20(27)23-15-22-18(25)10-13-30(28,29)8-2;1-2-9(11)16-8-12(7-13)4-6-17(14,15)5-3-10;1-5-9(12)10-7-6-8-11(2,3)4;;;;/h16-17H,6-15H2,1-5H3,(H2-,22,23,24,26,27,28);8,16-17H,2,7,9-15H2,1,3-6H3,(H2-,21,22,23,25,26,27);2,11H,1,3-6,8H2;5H,1,6-8H2,2-4H3;2*1H4;2*1H/q;;+1;;;;;/p+1. The van der Waals surface area contributed by atoms with Crippen molar-refractivity contribution in [3.8, 4) is 0 Å². The van der Waals surface area contributed by atoms with E-state index in [1.807, 2.05) is 13.8 Å². The lowest BCUT2D eigenvalue weighted by Crippen LogP contribution is -3.00. The van der Waals surface area contributed by atoms with Gasteiger partial charge in [-0.15, -0.1) is 27.8 Å². The number of sulfone groups is 3. The molecule has 0 radical (unpaired) electrons. The fourth-order valence-corrected chi connectivity index (χ4v) is 11.1. The maximum atomic E-state index is 12.4. The number of ether oxygens (including phenoxy) is 1. The molecule has 0 aliphatic heterocycles. The summed E-state index contributed by atoms with van der Waals surface area (Å²) in [5.74, 6) is -4.28. The van der Waals surface area contributed by atoms with Crippen LogP contribution >= 0.6 is 23.2 Å². The summed E-state index contributed by atoms with van der Waals surface area (Å²) in [6.45, 7) is 21.7. The van der Waals surface area contributed by atoms with Gasteiger partial charge in [0.1, 0.15) is 5.75 Å². The molecule has 0 fully saturated rings. The Kier molecular flexibility index (Phi) is 64.2. The molecule has 0 saturated carbocycles. The van der Waals surface area contributed by atoms with Crippen LogP contribution < -0.4 is 62.0 Å². The lowest BCUT2D eigenvalue weighted by atomic mass is 9.92. The summed E-state index contributed by atoms with van der Waals surface area (Å²) in [6, 6.07) is 0. The monoisotopic (exact) mass is 1480 g/mol. The minimum Gasteiger partial charge on any atom is -1.00 e. The maximum Gasteiger partial charge on any atom is 0.427 e. The summed E-state index contributed by atoms with van der Waals surface area (Å²) >= 11 is 10.7. The van der Waals surface area contributed by atoms with E-state index < -0.39 is 41.3 Å². The quantitative estimate of drug-likeness (QED) is 0.00341. The van der Waals surface area contributed by atoms with Crippen LogP contribution in [0.5, 0.6) is 0 Å². The lowest BCUT2D eigenvalue weighted by molar-refractivity contribution is -0.870. The summed E-state index contributed by atoms with van der Waals surface area (Å²) in [4.78, 5) is 93.9. The number of amides is 7. The Morgan fingerprint density at radius 3 is 1.23 bits per heavy atom. The zero-order valence-corrected chi connectivity index (χ0v) is 62.2. The zero-order valence-electron chi connectivity index (χ0n) is 56.7. The van der Waals surface area contributed by atoms with E-state index in [1.54, 1.807) is 13.8 Å². The van der Waals surface area contributed by atoms with Crippen molar-refractivity contribution in [3.05, 3.63) is 37.3 Å². The van der Waals surface area contributed by atoms with Gasteiger partial charge < -0.3 is 80.2 Å². The fraction of sp³-hybridized carbons (Fsp3) is 0.750. The minimum absolute atomic E-state index is 0. The molecule has 4 atom stereocenters. The summed E-state index contributed by atoms with van der Waals surface area (Å²) in [7, 11) is 8.95. The van der Waals surface area contributed by atoms with Crippen molar-refractivity contribution in [1.82, 2.24) is 37.2 Å². The predicted molar refractivity (Wildman–Crippen MR) is 369 cm³/mol. The molecule has 8 N–H and O–H groups in total. The van der Waals surface area contributed by atoms with Crippen molar-refractivity contribution in [1.29, 1.82) is 5.41 Å². The Morgan fingerprint density at radius 1 is 0.553 bits per heavy atom. The van der Waals surface area contributed by atoms with Gasteiger partial charge in [0.2, 0.25) is 47.2 Å². The molecule has 34 heteroatoms. The Bertz CT molecular complexity index is 2630. The summed E-state index contributed by atoms with van der Waals surface area (Å²) in [6.07, 6.45) is 8.32. The Hall–Kier alpha value is -4.75. The van der Waals surface area contributed by atoms with E-state index in [9.17, 15) is 63.6 Å². The van der Waals surface area contributed by atoms with Gasteiger partial charge in [-0.1, -0.05) is 62.3 Å². The highest BCUT2D eigenvalue weighted by Gasteiger charge is 2.25. The molecule has 554 valence electrons.